The van der Waals surface area contributed by atoms with Gasteiger partial charge in [-0.1, -0.05) is 18.7 Å². The van der Waals surface area contributed by atoms with Gasteiger partial charge in [0, 0.05) is 17.8 Å². The molecule has 0 fully saturated rings. The topological polar surface area (TPSA) is 58.2 Å². The van der Waals surface area contributed by atoms with Crippen LogP contribution in [0.3, 0.4) is 0 Å². The zero-order valence-corrected chi connectivity index (χ0v) is 8.80. The molecule has 0 bridgehead atoms. The third kappa shape index (κ3) is 2.12. The molecule has 4 nitrogen and oxygen atoms in total. The Morgan fingerprint density at radius 1 is 1.40 bits per heavy atom. The Kier molecular flexibility index (Phi) is 2.64. The number of hydrogen-bond donors (Lipinski definition) is 3. The van der Waals surface area contributed by atoms with Gasteiger partial charge in [-0.2, -0.15) is 0 Å². The predicted molar refractivity (Wildman–Crippen MR) is 61.4 cm³/mol. The van der Waals surface area contributed by atoms with Gasteiger partial charge in [-0.25, -0.2) is 0 Å². The molecule has 0 aromatic heterocycles. The van der Waals surface area contributed by atoms with Crippen LogP contribution in [-0.2, 0) is 11.2 Å². The Morgan fingerprint density at radius 3 is 2.93 bits per heavy atom. The number of carbonyl (C=O) groups is 2. The van der Waals surface area contributed by atoms with Gasteiger partial charge in [0.05, 0.1) is 0 Å². The Bertz CT molecular complexity index is 431. The molecule has 0 radical (unpaired) electrons. The summed E-state index contributed by atoms with van der Waals surface area (Å²) in [5.41, 5.74) is 2.44. The van der Waals surface area contributed by atoms with Crippen LogP contribution in [-0.4, -0.2) is 11.1 Å². The molecule has 1 aromatic rings. The van der Waals surface area contributed by atoms with E-state index in [9.17, 15) is 9.59 Å². The van der Waals surface area contributed by atoms with Gasteiger partial charge in [-0.05, 0) is 24.1 Å². The summed E-state index contributed by atoms with van der Waals surface area (Å²) in [6.07, 6.45) is 1.10. The lowest BCUT2D eigenvalue weighted by Gasteiger charge is -2.19. The molecule has 0 unspecified atom stereocenters. The van der Waals surface area contributed by atoms with Gasteiger partial charge in [0.15, 0.2) is 0 Å². The molecular formula is C10H10N2O2S. The van der Waals surface area contributed by atoms with Gasteiger partial charge in [0.1, 0.15) is 0 Å². The van der Waals surface area contributed by atoms with Crippen LogP contribution in [0.4, 0.5) is 16.2 Å². The van der Waals surface area contributed by atoms with Gasteiger partial charge in [-0.15, -0.1) is 0 Å². The van der Waals surface area contributed by atoms with Gasteiger partial charge in [0.2, 0.25) is 5.91 Å². The first kappa shape index (κ1) is 10.0. The summed E-state index contributed by atoms with van der Waals surface area (Å²) in [6.45, 7) is 0. The summed E-state index contributed by atoms with van der Waals surface area (Å²) < 4.78 is 0. The van der Waals surface area contributed by atoms with E-state index >= 15 is 0 Å². The Balaban J connectivity index is 2.37. The van der Waals surface area contributed by atoms with Crippen LogP contribution in [0.15, 0.2) is 18.2 Å². The van der Waals surface area contributed by atoms with E-state index < -0.39 is 5.24 Å². The largest absolute Gasteiger partial charge is 0.326 e. The van der Waals surface area contributed by atoms with E-state index in [1.807, 2.05) is 6.07 Å². The highest BCUT2D eigenvalue weighted by Crippen LogP contribution is 2.29. The van der Waals surface area contributed by atoms with E-state index in [1.54, 1.807) is 12.1 Å². The highest BCUT2D eigenvalue weighted by Gasteiger charge is 2.17. The van der Waals surface area contributed by atoms with E-state index in [4.69, 9.17) is 0 Å². The molecule has 1 aliphatic heterocycles. The van der Waals surface area contributed by atoms with Crippen LogP contribution in [0.1, 0.15) is 12.0 Å². The molecule has 0 aliphatic carbocycles. The molecule has 1 heterocycles. The Labute approximate surface area is 92.5 Å². The lowest BCUT2D eigenvalue weighted by atomic mass is 10.0. The average Bonchev–Trinajstić information content (AvgIpc) is 2.16. The molecule has 2 rings (SSSR count). The maximum Gasteiger partial charge on any atom is 0.280 e. The highest BCUT2D eigenvalue weighted by molar-refractivity contribution is 7.96. The van der Waals surface area contributed by atoms with Gasteiger partial charge < -0.3 is 10.6 Å². The predicted octanol–water partition coefficient (Wildman–Crippen LogP) is 2.03. The normalized spacial score (nSPS) is 14.1. The fourth-order valence-electron chi connectivity index (χ4n) is 1.66. The minimum Gasteiger partial charge on any atom is -0.326 e. The van der Waals surface area contributed by atoms with Crippen molar-refractivity contribution in [3.05, 3.63) is 23.8 Å². The van der Waals surface area contributed by atoms with Crippen LogP contribution in [0.25, 0.3) is 0 Å². The number of benzene rings is 1. The van der Waals surface area contributed by atoms with Crippen LogP contribution < -0.4 is 10.6 Å². The molecule has 15 heavy (non-hydrogen) atoms. The standard InChI is InChI=1S/C10H10N2O2S/c13-9-5-4-6-7(11-9)2-1-3-8(6)12-10(14)15/h1-3H,4-5H2,(H,11,13)(H2,12,14,15). The van der Waals surface area contributed by atoms with Gasteiger partial charge in [0.25, 0.3) is 5.24 Å². The minimum absolute atomic E-state index is 0.0110. The first-order valence-corrected chi connectivity index (χ1v) is 5.03. The summed E-state index contributed by atoms with van der Waals surface area (Å²) >= 11 is 3.66. The zero-order chi connectivity index (χ0) is 10.8. The average molecular weight is 222 g/mol. The maximum absolute atomic E-state index is 11.1. The third-order valence-corrected chi connectivity index (χ3v) is 2.41. The highest BCUT2D eigenvalue weighted by atomic mass is 32.1. The molecule has 2 N–H and O–H groups in total. The summed E-state index contributed by atoms with van der Waals surface area (Å²) in [5.74, 6) is 0.0110. The SMILES string of the molecule is O=C(S)Nc1cccc2c1CCC(=O)N2. The number of nitrogens with one attached hydrogen (secondary N) is 2. The quantitative estimate of drug-likeness (QED) is 0.637. The molecule has 0 spiro atoms. The van der Waals surface area contributed by atoms with Crippen molar-refractivity contribution in [3.8, 4) is 0 Å². The second-order valence-corrected chi connectivity index (χ2v) is 3.72. The number of rotatable bonds is 1. The fraction of sp³-hybridized carbons (Fsp3) is 0.200. The van der Waals surface area contributed by atoms with Crippen molar-refractivity contribution in [2.75, 3.05) is 10.6 Å². The first-order chi connectivity index (χ1) is 7.16. The monoisotopic (exact) mass is 222 g/mol. The van der Waals surface area contributed by atoms with Crippen molar-refractivity contribution >= 4 is 35.1 Å². The molecule has 0 saturated heterocycles. The van der Waals surface area contributed by atoms with Crippen LogP contribution in [0, 0.1) is 0 Å². The molecular weight excluding hydrogens is 212 g/mol. The summed E-state index contributed by atoms with van der Waals surface area (Å²) in [5, 5.41) is 4.98. The van der Waals surface area contributed by atoms with E-state index in [-0.39, 0.29) is 5.91 Å². The lowest BCUT2D eigenvalue weighted by Crippen LogP contribution is -2.20. The third-order valence-electron chi connectivity index (χ3n) is 2.29. The van der Waals surface area contributed by atoms with E-state index in [0.29, 0.717) is 18.5 Å². The number of anilines is 2. The van der Waals surface area contributed by atoms with Crippen molar-refractivity contribution in [3.63, 3.8) is 0 Å². The Morgan fingerprint density at radius 2 is 2.20 bits per heavy atom. The van der Waals surface area contributed by atoms with Crippen LogP contribution in [0.5, 0.6) is 0 Å². The lowest BCUT2D eigenvalue weighted by molar-refractivity contribution is -0.116. The molecule has 0 saturated carbocycles. The second kappa shape index (κ2) is 3.94. The summed E-state index contributed by atoms with van der Waals surface area (Å²) in [7, 11) is 0. The van der Waals surface area contributed by atoms with Crippen molar-refractivity contribution in [2.45, 2.75) is 12.8 Å². The number of thiol groups is 1. The van der Waals surface area contributed by atoms with E-state index in [2.05, 4.69) is 23.3 Å². The van der Waals surface area contributed by atoms with Crippen molar-refractivity contribution in [1.82, 2.24) is 0 Å². The number of fused-ring (bicyclic) bond motifs is 1. The molecule has 1 aliphatic rings. The minimum atomic E-state index is -0.403. The number of carbonyl (C=O) groups excluding carboxylic acids is 2. The molecule has 2 amide bonds. The van der Waals surface area contributed by atoms with Gasteiger partial charge in [-0.3, -0.25) is 9.59 Å². The number of hydrogen-bond acceptors (Lipinski definition) is 2. The second-order valence-electron chi connectivity index (χ2n) is 3.31. The van der Waals surface area contributed by atoms with E-state index in [1.165, 1.54) is 0 Å². The van der Waals surface area contributed by atoms with Gasteiger partial charge >= 0.3 is 0 Å². The van der Waals surface area contributed by atoms with Crippen LogP contribution >= 0.6 is 12.6 Å². The zero-order valence-electron chi connectivity index (χ0n) is 7.91. The molecule has 78 valence electrons. The fourth-order valence-corrected chi connectivity index (χ4v) is 1.78. The number of amides is 2. The maximum atomic E-state index is 11.1. The van der Waals surface area contributed by atoms with Crippen molar-refractivity contribution in [1.29, 1.82) is 0 Å². The van der Waals surface area contributed by atoms with Crippen molar-refractivity contribution < 1.29 is 9.59 Å². The molecule has 5 heteroatoms. The Hall–Kier alpha value is -1.49. The summed E-state index contributed by atoms with van der Waals surface area (Å²) in [6, 6.07) is 5.40. The molecule has 1 aromatic carbocycles. The first-order valence-electron chi connectivity index (χ1n) is 4.58. The van der Waals surface area contributed by atoms with Crippen LogP contribution in [0.2, 0.25) is 0 Å². The smallest absolute Gasteiger partial charge is 0.280 e. The van der Waals surface area contributed by atoms with Crippen molar-refractivity contribution in [2.24, 2.45) is 0 Å². The van der Waals surface area contributed by atoms with E-state index in [0.717, 1.165) is 11.3 Å². The summed E-state index contributed by atoms with van der Waals surface area (Å²) in [4.78, 5) is 22.0. The molecule has 0 atom stereocenters.